The fourth-order valence-corrected chi connectivity index (χ4v) is 3.98. The van der Waals surface area contributed by atoms with Crippen LogP contribution in [0.4, 0.5) is 11.4 Å². The molecule has 7 nitrogen and oxygen atoms in total. The number of anilines is 2. The fourth-order valence-electron chi connectivity index (χ4n) is 3.77. The van der Waals surface area contributed by atoms with Crippen LogP contribution >= 0.6 is 11.6 Å². The standard InChI is InChI=1S/C30H21ClN2O5/c31-26-27(29(35)33(28(26)34)23-9-5-2-6-10-23)32-22-13-11-21(12-14-22)30(36)38-25-17-15-24(16-18-25)37-19-20-7-3-1-4-8-20/h1-18,32H,19H2. The summed E-state index contributed by atoms with van der Waals surface area (Å²) in [6.45, 7) is 0.437. The van der Waals surface area contributed by atoms with Crippen molar-refractivity contribution in [1.29, 1.82) is 0 Å². The van der Waals surface area contributed by atoms with E-state index in [1.165, 1.54) is 0 Å². The summed E-state index contributed by atoms with van der Waals surface area (Å²) < 4.78 is 11.2. The van der Waals surface area contributed by atoms with Crippen LogP contribution in [0.3, 0.4) is 0 Å². The Morgan fingerprint density at radius 2 is 1.34 bits per heavy atom. The number of ether oxygens (including phenoxy) is 2. The summed E-state index contributed by atoms with van der Waals surface area (Å²) in [7, 11) is 0. The van der Waals surface area contributed by atoms with Crippen molar-refractivity contribution < 1.29 is 23.9 Å². The zero-order valence-electron chi connectivity index (χ0n) is 20.0. The smallest absolute Gasteiger partial charge is 0.343 e. The molecule has 38 heavy (non-hydrogen) atoms. The second-order valence-electron chi connectivity index (χ2n) is 8.31. The molecule has 0 saturated carbocycles. The first-order valence-electron chi connectivity index (χ1n) is 11.7. The summed E-state index contributed by atoms with van der Waals surface area (Å²) in [4.78, 5) is 39.0. The predicted molar refractivity (Wildman–Crippen MR) is 144 cm³/mol. The molecule has 0 fully saturated rings. The minimum Gasteiger partial charge on any atom is -0.489 e. The van der Waals surface area contributed by atoms with Crippen molar-refractivity contribution in [2.75, 3.05) is 10.2 Å². The number of carbonyl (C=O) groups is 3. The van der Waals surface area contributed by atoms with Crippen LogP contribution in [0.1, 0.15) is 15.9 Å². The summed E-state index contributed by atoms with van der Waals surface area (Å²) in [5, 5.41) is 2.68. The summed E-state index contributed by atoms with van der Waals surface area (Å²) in [6.07, 6.45) is 0. The van der Waals surface area contributed by atoms with Gasteiger partial charge in [-0.2, -0.15) is 0 Å². The number of hydrogen-bond donors (Lipinski definition) is 1. The van der Waals surface area contributed by atoms with E-state index in [4.69, 9.17) is 21.1 Å². The summed E-state index contributed by atoms with van der Waals surface area (Å²) >= 11 is 6.17. The number of carbonyl (C=O) groups excluding carboxylic acids is 3. The number of nitrogens with zero attached hydrogens (tertiary/aromatic N) is 1. The van der Waals surface area contributed by atoms with Gasteiger partial charge in [-0.05, 0) is 66.2 Å². The van der Waals surface area contributed by atoms with E-state index in [0.29, 0.717) is 35.0 Å². The molecular formula is C30H21ClN2O5. The molecular weight excluding hydrogens is 504 g/mol. The number of benzene rings is 4. The third kappa shape index (κ3) is 5.43. The number of amides is 2. The van der Waals surface area contributed by atoms with Crippen molar-refractivity contribution in [3.8, 4) is 11.5 Å². The second-order valence-corrected chi connectivity index (χ2v) is 8.69. The first-order chi connectivity index (χ1) is 18.5. The molecule has 0 unspecified atom stereocenters. The van der Waals surface area contributed by atoms with Gasteiger partial charge in [0.25, 0.3) is 11.8 Å². The van der Waals surface area contributed by atoms with Crippen LogP contribution < -0.4 is 19.7 Å². The average molecular weight is 525 g/mol. The monoisotopic (exact) mass is 524 g/mol. The number of halogens is 1. The largest absolute Gasteiger partial charge is 0.489 e. The van der Waals surface area contributed by atoms with Gasteiger partial charge in [0.1, 0.15) is 28.8 Å². The third-order valence-electron chi connectivity index (χ3n) is 5.71. The highest BCUT2D eigenvalue weighted by Gasteiger charge is 2.38. The van der Waals surface area contributed by atoms with E-state index in [-0.39, 0.29) is 10.7 Å². The Morgan fingerprint density at radius 1 is 0.737 bits per heavy atom. The number of hydrogen-bond acceptors (Lipinski definition) is 6. The predicted octanol–water partition coefficient (Wildman–Crippen LogP) is 5.92. The minimum atomic E-state index is -0.609. The SMILES string of the molecule is O=C(Oc1ccc(OCc2ccccc2)cc1)c1ccc(NC2=C(Cl)C(=O)N(c3ccccc3)C2=O)cc1. The minimum absolute atomic E-state index is 0.0366. The summed E-state index contributed by atoms with van der Waals surface area (Å²) in [5.41, 5.74) is 2.22. The molecule has 1 aliphatic heterocycles. The van der Waals surface area contributed by atoms with E-state index in [0.717, 1.165) is 10.5 Å². The maximum Gasteiger partial charge on any atom is 0.343 e. The number of para-hydroxylation sites is 1. The number of esters is 1. The first kappa shape index (κ1) is 24.8. The van der Waals surface area contributed by atoms with Crippen molar-refractivity contribution in [2.45, 2.75) is 6.61 Å². The molecule has 0 atom stereocenters. The summed E-state index contributed by atoms with van der Waals surface area (Å²) in [5.74, 6) is -0.692. The van der Waals surface area contributed by atoms with E-state index < -0.39 is 17.8 Å². The molecule has 4 aromatic carbocycles. The van der Waals surface area contributed by atoms with Gasteiger partial charge in [-0.25, -0.2) is 9.69 Å². The van der Waals surface area contributed by atoms with E-state index in [1.807, 2.05) is 30.3 Å². The highest BCUT2D eigenvalue weighted by Crippen LogP contribution is 2.30. The first-order valence-corrected chi connectivity index (χ1v) is 12.1. The lowest BCUT2D eigenvalue weighted by atomic mass is 10.2. The Balaban J connectivity index is 1.19. The van der Waals surface area contributed by atoms with E-state index >= 15 is 0 Å². The molecule has 5 rings (SSSR count). The summed E-state index contributed by atoms with van der Waals surface area (Å²) in [6, 6.07) is 31.4. The van der Waals surface area contributed by atoms with E-state index in [1.54, 1.807) is 78.9 Å². The van der Waals surface area contributed by atoms with Gasteiger partial charge < -0.3 is 14.8 Å². The van der Waals surface area contributed by atoms with E-state index in [9.17, 15) is 14.4 Å². The van der Waals surface area contributed by atoms with Gasteiger partial charge in [-0.15, -0.1) is 0 Å². The molecule has 0 aromatic heterocycles. The molecule has 1 heterocycles. The topological polar surface area (TPSA) is 84.9 Å². The third-order valence-corrected chi connectivity index (χ3v) is 6.06. The van der Waals surface area contributed by atoms with Gasteiger partial charge in [0.05, 0.1) is 11.3 Å². The Bertz CT molecular complexity index is 1500. The maximum atomic E-state index is 12.9. The molecule has 0 aliphatic carbocycles. The van der Waals surface area contributed by atoms with Crippen LogP contribution in [0.5, 0.6) is 11.5 Å². The number of rotatable bonds is 8. The maximum absolute atomic E-state index is 12.9. The lowest BCUT2D eigenvalue weighted by Gasteiger charge is -2.14. The second kappa shape index (κ2) is 11.0. The van der Waals surface area contributed by atoms with Crippen LogP contribution in [0, 0.1) is 0 Å². The van der Waals surface area contributed by atoms with Crippen LogP contribution in [0.2, 0.25) is 0 Å². The zero-order valence-corrected chi connectivity index (χ0v) is 20.7. The molecule has 2 amide bonds. The molecule has 1 aliphatic rings. The van der Waals surface area contributed by atoms with Crippen LogP contribution in [-0.4, -0.2) is 17.8 Å². The molecule has 0 saturated heterocycles. The quantitative estimate of drug-likeness (QED) is 0.175. The average Bonchev–Trinajstić information content (AvgIpc) is 3.17. The van der Waals surface area contributed by atoms with Crippen LogP contribution in [-0.2, 0) is 16.2 Å². The molecule has 0 spiro atoms. The zero-order chi connectivity index (χ0) is 26.5. The van der Waals surface area contributed by atoms with Crippen molar-refractivity contribution in [3.05, 3.63) is 131 Å². The van der Waals surface area contributed by atoms with Gasteiger partial charge in [-0.3, -0.25) is 9.59 Å². The van der Waals surface area contributed by atoms with Gasteiger partial charge in [0, 0.05) is 5.69 Å². The van der Waals surface area contributed by atoms with Crippen molar-refractivity contribution in [1.82, 2.24) is 0 Å². The molecule has 4 aromatic rings. The van der Waals surface area contributed by atoms with Gasteiger partial charge in [0.2, 0.25) is 0 Å². The van der Waals surface area contributed by atoms with Gasteiger partial charge in [0.15, 0.2) is 0 Å². The highest BCUT2D eigenvalue weighted by molar-refractivity contribution is 6.53. The van der Waals surface area contributed by atoms with Gasteiger partial charge in [-0.1, -0.05) is 60.1 Å². The Morgan fingerprint density at radius 3 is 2.00 bits per heavy atom. The Labute approximate surface area is 223 Å². The Hall–Kier alpha value is -4.88. The van der Waals surface area contributed by atoms with Crippen molar-refractivity contribution in [2.24, 2.45) is 0 Å². The molecule has 0 radical (unpaired) electrons. The van der Waals surface area contributed by atoms with Crippen LogP contribution in [0.25, 0.3) is 0 Å². The van der Waals surface area contributed by atoms with Crippen LogP contribution in [0.15, 0.2) is 120 Å². The lowest BCUT2D eigenvalue weighted by molar-refractivity contribution is -0.120. The lowest BCUT2D eigenvalue weighted by Crippen LogP contribution is -2.32. The molecule has 188 valence electrons. The Kier molecular flexibility index (Phi) is 7.19. The fraction of sp³-hybridized carbons (Fsp3) is 0.0333. The molecule has 0 bridgehead atoms. The molecule has 1 N–H and O–H groups in total. The molecule has 8 heteroatoms. The van der Waals surface area contributed by atoms with Crippen molar-refractivity contribution >= 4 is 40.8 Å². The number of nitrogens with one attached hydrogen (secondary N) is 1. The van der Waals surface area contributed by atoms with E-state index in [2.05, 4.69) is 5.32 Å². The van der Waals surface area contributed by atoms with Crippen molar-refractivity contribution in [3.63, 3.8) is 0 Å². The highest BCUT2D eigenvalue weighted by atomic mass is 35.5. The number of imide groups is 1. The normalized spacial score (nSPS) is 13.0. The van der Waals surface area contributed by atoms with Gasteiger partial charge >= 0.3 is 5.97 Å².